The Kier molecular flexibility index (Phi) is 3.64. The summed E-state index contributed by atoms with van der Waals surface area (Å²) in [6.07, 6.45) is 0.669. The molecule has 1 atom stereocenters. The standard InChI is InChI=1S/C16H16ClFN2O/c1-20(15-8-11(17)2-4-14(15)19)9-13-7-10-6-12(18)3-5-16(10)21-13/h2-6,8,13H,7,9,19H2,1H3. The molecule has 0 fully saturated rings. The number of nitrogen functional groups attached to an aromatic ring is 1. The number of rotatable bonds is 3. The van der Waals surface area contributed by atoms with Crippen LogP contribution in [-0.4, -0.2) is 19.7 Å². The number of anilines is 2. The number of halogens is 2. The van der Waals surface area contributed by atoms with E-state index in [2.05, 4.69) is 0 Å². The van der Waals surface area contributed by atoms with Gasteiger partial charge < -0.3 is 15.4 Å². The molecular formula is C16H16ClFN2O. The fourth-order valence-corrected chi connectivity index (χ4v) is 2.81. The molecule has 0 saturated carbocycles. The Hall–Kier alpha value is -1.94. The second kappa shape index (κ2) is 5.45. The number of nitrogens with zero attached hydrogens (tertiary/aromatic N) is 1. The van der Waals surface area contributed by atoms with Crippen molar-refractivity contribution in [3.8, 4) is 5.75 Å². The van der Waals surface area contributed by atoms with E-state index in [4.69, 9.17) is 22.1 Å². The minimum Gasteiger partial charge on any atom is -0.488 e. The highest BCUT2D eigenvalue weighted by Gasteiger charge is 2.25. The number of fused-ring (bicyclic) bond motifs is 1. The van der Waals surface area contributed by atoms with Gasteiger partial charge in [0, 0.05) is 24.1 Å². The van der Waals surface area contributed by atoms with Gasteiger partial charge in [0.15, 0.2) is 0 Å². The van der Waals surface area contributed by atoms with E-state index in [1.165, 1.54) is 12.1 Å². The van der Waals surface area contributed by atoms with Gasteiger partial charge in [0.1, 0.15) is 17.7 Å². The first-order valence-electron chi connectivity index (χ1n) is 6.74. The van der Waals surface area contributed by atoms with E-state index in [-0.39, 0.29) is 11.9 Å². The Morgan fingerprint density at radius 2 is 2.14 bits per heavy atom. The predicted molar refractivity (Wildman–Crippen MR) is 83.7 cm³/mol. The average molecular weight is 307 g/mol. The predicted octanol–water partition coefficient (Wildman–Crippen LogP) is 3.50. The number of ether oxygens (including phenoxy) is 1. The molecule has 0 saturated heterocycles. The second-order valence-corrected chi connectivity index (χ2v) is 5.72. The monoisotopic (exact) mass is 306 g/mol. The zero-order valence-electron chi connectivity index (χ0n) is 11.6. The summed E-state index contributed by atoms with van der Waals surface area (Å²) in [6, 6.07) is 10.0. The smallest absolute Gasteiger partial charge is 0.123 e. The summed E-state index contributed by atoms with van der Waals surface area (Å²) in [7, 11) is 1.94. The van der Waals surface area contributed by atoms with Crippen LogP contribution in [0.15, 0.2) is 36.4 Å². The van der Waals surface area contributed by atoms with Crippen molar-refractivity contribution in [2.75, 3.05) is 24.2 Å². The first kappa shape index (κ1) is 14.0. The highest BCUT2D eigenvalue weighted by atomic mass is 35.5. The molecule has 2 aromatic rings. The molecule has 1 heterocycles. The molecule has 21 heavy (non-hydrogen) atoms. The molecule has 1 unspecified atom stereocenters. The fraction of sp³-hybridized carbons (Fsp3) is 0.250. The first-order chi connectivity index (χ1) is 10.0. The van der Waals surface area contributed by atoms with Gasteiger partial charge in [-0.15, -0.1) is 0 Å². The molecule has 2 N–H and O–H groups in total. The van der Waals surface area contributed by atoms with E-state index in [0.29, 0.717) is 23.7 Å². The van der Waals surface area contributed by atoms with Gasteiger partial charge in [-0.05, 0) is 36.4 Å². The maximum Gasteiger partial charge on any atom is 0.123 e. The van der Waals surface area contributed by atoms with Crippen LogP contribution in [0.1, 0.15) is 5.56 Å². The van der Waals surface area contributed by atoms with Gasteiger partial charge >= 0.3 is 0 Å². The summed E-state index contributed by atoms with van der Waals surface area (Å²) in [6.45, 7) is 0.654. The number of nitrogens with two attached hydrogens (primary N) is 1. The van der Waals surface area contributed by atoms with E-state index in [1.54, 1.807) is 18.2 Å². The third-order valence-electron chi connectivity index (χ3n) is 3.64. The van der Waals surface area contributed by atoms with Crippen LogP contribution >= 0.6 is 11.6 Å². The van der Waals surface area contributed by atoms with E-state index in [9.17, 15) is 4.39 Å². The number of hydrogen-bond acceptors (Lipinski definition) is 3. The van der Waals surface area contributed by atoms with Crippen LogP contribution in [0.5, 0.6) is 5.75 Å². The molecule has 3 nitrogen and oxygen atoms in total. The summed E-state index contributed by atoms with van der Waals surface area (Å²) in [5.74, 6) is 0.527. The second-order valence-electron chi connectivity index (χ2n) is 5.28. The molecule has 5 heteroatoms. The first-order valence-corrected chi connectivity index (χ1v) is 7.12. The lowest BCUT2D eigenvalue weighted by atomic mass is 10.1. The molecule has 0 radical (unpaired) electrons. The highest BCUT2D eigenvalue weighted by molar-refractivity contribution is 6.31. The van der Waals surface area contributed by atoms with E-state index in [1.807, 2.05) is 18.0 Å². The number of benzene rings is 2. The molecule has 0 bridgehead atoms. The van der Waals surface area contributed by atoms with Gasteiger partial charge in [0.2, 0.25) is 0 Å². The molecule has 3 rings (SSSR count). The fourth-order valence-electron chi connectivity index (χ4n) is 2.64. The van der Waals surface area contributed by atoms with Crippen molar-refractivity contribution in [1.82, 2.24) is 0 Å². The van der Waals surface area contributed by atoms with Crippen molar-refractivity contribution in [2.24, 2.45) is 0 Å². The van der Waals surface area contributed by atoms with Crippen molar-refractivity contribution < 1.29 is 9.13 Å². The summed E-state index contributed by atoms with van der Waals surface area (Å²) >= 11 is 6.01. The van der Waals surface area contributed by atoms with Crippen LogP contribution in [0.4, 0.5) is 15.8 Å². The molecule has 0 aliphatic carbocycles. The lowest BCUT2D eigenvalue weighted by Crippen LogP contribution is -2.32. The number of likely N-dealkylation sites (N-methyl/N-ethyl adjacent to an activating group) is 1. The Labute approximate surface area is 128 Å². The van der Waals surface area contributed by atoms with Crippen LogP contribution < -0.4 is 15.4 Å². The summed E-state index contributed by atoms with van der Waals surface area (Å²) in [4.78, 5) is 2.01. The summed E-state index contributed by atoms with van der Waals surface area (Å²) < 4.78 is 19.1. The molecule has 1 aliphatic heterocycles. The molecule has 110 valence electrons. The van der Waals surface area contributed by atoms with Crippen molar-refractivity contribution >= 4 is 23.0 Å². The lowest BCUT2D eigenvalue weighted by Gasteiger charge is -2.24. The molecular weight excluding hydrogens is 291 g/mol. The Balaban J connectivity index is 1.72. The lowest BCUT2D eigenvalue weighted by molar-refractivity contribution is 0.239. The maximum atomic E-state index is 13.2. The summed E-state index contributed by atoms with van der Waals surface area (Å²) in [5, 5.41) is 0.642. The largest absolute Gasteiger partial charge is 0.488 e. The minimum atomic E-state index is -0.231. The van der Waals surface area contributed by atoms with E-state index < -0.39 is 0 Å². The molecule has 1 aliphatic rings. The maximum absolute atomic E-state index is 13.2. The van der Waals surface area contributed by atoms with Gasteiger partial charge in [-0.1, -0.05) is 11.6 Å². The molecule has 0 spiro atoms. The van der Waals surface area contributed by atoms with Gasteiger partial charge in [0.05, 0.1) is 17.9 Å². The van der Waals surface area contributed by atoms with Crippen LogP contribution in [0.2, 0.25) is 5.02 Å². The topological polar surface area (TPSA) is 38.5 Å². The summed E-state index contributed by atoms with van der Waals surface area (Å²) in [5.41, 5.74) is 8.43. The van der Waals surface area contributed by atoms with E-state index in [0.717, 1.165) is 17.0 Å². The van der Waals surface area contributed by atoms with Gasteiger partial charge in [-0.2, -0.15) is 0 Å². The normalized spacial score (nSPS) is 16.4. The van der Waals surface area contributed by atoms with E-state index >= 15 is 0 Å². The van der Waals surface area contributed by atoms with Crippen LogP contribution in [-0.2, 0) is 6.42 Å². The SMILES string of the molecule is CN(CC1Cc2cc(F)ccc2O1)c1cc(Cl)ccc1N. The third-order valence-corrected chi connectivity index (χ3v) is 3.88. The van der Waals surface area contributed by atoms with Crippen molar-refractivity contribution in [3.05, 3.63) is 52.8 Å². The Morgan fingerprint density at radius 3 is 2.95 bits per heavy atom. The Morgan fingerprint density at radius 1 is 1.33 bits per heavy atom. The van der Waals surface area contributed by atoms with Gasteiger partial charge in [-0.25, -0.2) is 4.39 Å². The molecule has 0 aromatic heterocycles. The van der Waals surface area contributed by atoms with Gasteiger partial charge in [-0.3, -0.25) is 0 Å². The van der Waals surface area contributed by atoms with Crippen LogP contribution in [0.3, 0.4) is 0 Å². The minimum absolute atomic E-state index is 0.0230. The van der Waals surface area contributed by atoms with Crippen molar-refractivity contribution in [1.29, 1.82) is 0 Å². The Bertz CT molecular complexity index is 677. The molecule has 2 aromatic carbocycles. The zero-order valence-corrected chi connectivity index (χ0v) is 12.4. The average Bonchev–Trinajstić information content (AvgIpc) is 2.82. The highest BCUT2D eigenvalue weighted by Crippen LogP contribution is 2.31. The quantitative estimate of drug-likeness (QED) is 0.882. The zero-order chi connectivity index (χ0) is 15.0. The van der Waals surface area contributed by atoms with Crippen molar-refractivity contribution in [3.63, 3.8) is 0 Å². The van der Waals surface area contributed by atoms with Crippen LogP contribution in [0, 0.1) is 5.82 Å². The van der Waals surface area contributed by atoms with Gasteiger partial charge in [0.25, 0.3) is 0 Å². The van der Waals surface area contributed by atoms with Crippen molar-refractivity contribution in [2.45, 2.75) is 12.5 Å². The number of hydrogen-bond donors (Lipinski definition) is 1. The third kappa shape index (κ3) is 2.90. The molecule has 0 amide bonds. The van der Waals surface area contributed by atoms with Crippen LogP contribution in [0.25, 0.3) is 0 Å².